The van der Waals surface area contributed by atoms with E-state index in [1.54, 1.807) is 0 Å². The van der Waals surface area contributed by atoms with Crippen LogP contribution in [0.5, 0.6) is 0 Å². The smallest absolute Gasteiger partial charge is 0.366 e. The van der Waals surface area contributed by atoms with E-state index in [1.165, 1.54) is 18.0 Å². The van der Waals surface area contributed by atoms with Gasteiger partial charge in [0, 0.05) is 24.7 Å². The van der Waals surface area contributed by atoms with Gasteiger partial charge in [-0.25, -0.2) is 4.98 Å². The number of nitrogens with zero attached hydrogens (tertiary/aromatic N) is 6. The number of alkyl halides is 6. The first-order chi connectivity index (χ1) is 17.9. The van der Waals surface area contributed by atoms with Gasteiger partial charge in [-0.05, 0) is 78.6 Å². The van der Waals surface area contributed by atoms with E-state index in [0.29, 0.717) is 29.5 Å². The number of hydrogen-bond acceptors (Lipinski definition) is 6. The van der Waals surface area contributed by atoms with Crippen molar-refractivity contribution in [3.05, 3.63) is 58.5 Å². The molecule has 0 unspecified atom stereocenters. The Labute approximate surface area is 213 Å². The molecule has 0 radical (unpaired) electrons. The summed E-state index contributed by atoms with van der Waals surface area (Å²) in [5.74, 6) is 0.476. The van der Waals surface area contributed by atoms with Crippen LogP contribution in [-0.2, 0) is 32.5 Å². The predicted octanol–water partition coefficient (Wildman–Crippen LogP) is 5.59. The molecule has 0 amide bonds. The molecule has 14 heteroatoms. The molecule has 0 bridgehead atoms. The van der Waals surface area contributed by atoms with Crippen molar-refractivity contribution in [1.82, 2.24) is 25.2 Å². The molecule has 0 saturated heterocycles. The maximum atomic E-state index is 14.1. The van der Waals surface area contributed by atoms with Gasteiger partial charge in [-0.2, -0.15) is 35.5 Å². The molecule has 0 atom stereocenters. The number of anilines is 2. The summed E-state index contributed by atoms with van der Waals surface area (Å²) in [4.78, 5) is 6.52. The molecule has 0 spiro atoms. The number of aromatic nitrogens is 5. The highest BCUT2D eigenvalue weighted by Crippen LogP contribution is 2.46. The maximum absolute atomic E-state index is 14.1. The van der Waals surface area contributed by atoms with Crippen LogP contribution in [0, 0.1) is 17.8 Å². The zero-order valence-electron chi connectivity index (χ0n) is 20.2. The van der Waals surface area contributed by atoms with E-state index in [0.717, 1.165) is 36.5 Å². The summed E-state index contributed by atoms with van der Waals surface area (Å²) in [5.41, 5.74) is -2.60. The molecule has 7 nitrogen and oxygen atoms in total. The lowest BCUT2D eigenvalue weighted by atomic mass is 10.0. The van der Waals surface area contributed by atoms with Crippen molar-refractivity contribution >= 4 is 11.8 Å². The van der Waals surface area contributed by atoms with E-state index < -0.39 is 36.0 Å². The third-order valence-corrected chi connectivity index (χ3v) is 6.67. The number of nitrogens with one attached hydrogen (secondary N) is 1. The lowest BCUT2D eigenvalue weighted by Gasteiger charge is -2.25. The van der Waals surface area contributed by atoms with Gasteiger partial charge in [0.1, 0.15) is 5.82 Å². The lowest BCUT2D eigenvalue weighted by Crippen LogP contribution is -2.28. The monoisotopic (exact) mass is 543 g/mol. The number of halogens is 7. The first-order valence-corrected chi connectivity index (χ1v) is 12.1. The molecule has 2 fully saturated rings. The second-order valence-electron chi connectivity index (χ2n) is 9.84. The molecule has 1 aromatic carbocycles. The summed E-state index contributed by atoms with van der Waals surface area (Å²) >= 11 is 0. The Bertz CT molecular complexity index is 1250. The van der Waals surface area contributed by atoms with E-state index in [2.05, 4.69) is 25.7 Å². The number of hydrogen-bond donors (Lipinski definition) is 1. The van der Waals surface area contributed by atoms with Gasteiger partial charge in [-0.3, -0.25) is 0 Å². The summed E-state index contributed by atoms with van der Waals surface area (Å²) in [6.07, 6.45) is -5.72. The van der Waals surface area contributed by atoms with Crippen LogP contribution >= 0.6 is 0 Å². The Morgan fingerprint density at radius 3 is 2.05 bits per heavy atom. The van der Waals surface area contributed by atoms with Crippen molar-refractivity contribution in [2.24, 2.45) is 18.9 Å². The SMILES string of the molecule is Cn1nnc(N(Cc2cc(C(F)(F)F)cc(C(F)(F)F)c2)Cc2ccc(F)nc2NC(C2CC2)C2CC2)n1. The summed E-state index contributed by atoms with van der Waals surface area (Å²) in [6, 6.07) is 4.17. The van der Waals surface area contributed by atoms with Crippen LogP contribution in [0.1, 0.15) is 47.9 Å². The fraction of sp³-hybridized carbons (Fsp3) is 0.500. The van der Waals surface area contributed by atoms with Gasteiger partial charge in [0.25, 0.3) is 5.95 Å². The summed E-state index contributed by atoms with van der Waals surface area (Å²) in [7, 11) is 1.48. The third-order valence-electron chi connectivity index (χ3n) is 6.67. The molecule has 0 aliphatic heterocycles. The topological polar surface area (TPSA) is 71.8 Å². The zero-order valence-corrected chi connectivity index (χ0v) is 20.2. The van der Waals surface area contributed by atoms with Crippen LogP contribution < -0.4 is 10.2 Å². The zero-order chi connectivity index (χ0) is 27.2. The minimum atomic E-state index is -4.98. The molecule has 2 aliphatic carbocycles. The van der Waals surface area contributed by atoms with E-state index >= 15 is 0 Å². The van der Waals surface area contributed by atoms with Crippen LogP contribution in [0.15, 0.2) is 30.3 Å². The molecule has 2 saturated carbocycles. The molecule has 1 N–H and O–H groups in total. The van der Waals surface area contributed by atoms with E-state index in [9.17, 15) is 30.7 Å². The van der Waals surface area contributed by atoms with Crippen LogP contribution in [0.4, 0.5) is 42.5 Å². The van der Waals surface area contributed by atoms with E-state index in [-0.39, 0.29) is 36.0 Å². The first kappa shape index (κ1) is 26.2. The van der Waals surface area contributed by atoms with Crippen LogP contribution in [0.25, 0.3) is 0 Å². The second kappa shape index (κ2) is 9.70. The Morgan fingerprint density at radius 1 is 0.947 bits per heavy atom. The average Bonchev–Trinajstić information content (AvgIpc) is 3.76. The van der Waals surface area contributed by atoms with Crippen molar-refractivity contribution < 1.29 is 30.7 Å². The van der Waals surface area contributed by atoms with E-state index in [4.69, 9.17) is 0 Å². The molecule has 3 aromatic rings. The first-order valence-electron chi connectivity index (χ1n) is 12.1. The van der Waals surface area contributed by atoms with Gasteiger partial charge < -0.3 is 10.2 Å². The Balaban J connectivity index is 1.49. The van der Waals surface area contributed by atoms with Crippen molar-refractivity contribution in [1.29, 1.82) is 0 Å². The minimum absolute atomic E-state index is 0.0188. The summed E-state index contributed by atoms with van der Waals surface area (Å²) < 4.78 is 94.7. The highest BCUT2D eigenvalue weighted by atomic mass is 19.4. The molecule has 38 heavy (non-hydrogen) atoms. The number of aryl methyl sites for hydroxylation is 1. The van der Waals surface area contributed by atoms with E-state index in [1.807, 2.05) is 0 Å². The van der Waals surface area contributed by atoms with Crippen LogP contribution in [0.2, 0.25) is 0 Å². The summed E-state index contributed by atoms with van der Waals surface area (Å²) in [6.45, 7) is -0.467. The van der Waals surface area contributed by atoms with Gasteiger partial charge in [-0.1, -0.05) is 5.10 Å². The maximum Gasteiger partial charge on any atom is 0.416 e. The quantitative estimate of drug-likeness (QED) is 0.280. The molecule has 204 valence electrons. The second-order valence-corrected chi connectivity index (χ2v) is 9.84. The number of pyridine rings is 1. The number of tetrazole rings is 1. The minimum Gasteiger partial charge on any atom is -0.366 e. The highest BCUT2D eigenvalue weighted by molar-refractivity contribution is 5.48. The fourth-order valence-electron chi connectivity index (χ4n) is 4.54. The number of benzene rings is 1. The Hall–Kier alpha value is -3.45. The van der Waals surface area contributed by atoms with Crippen LogP contribution in [-0.4, -0.2) is 31.2 Å². The van der Waals surface area contributed by atoms with Gasteiger partial charge in [0.15, 0.2) is 0 Å². The normalized spacial score (nSPS) is 16.2. The largest absolute Gasteiger partial charge is 0.416 e. The average molecular weight is 543 g/mol. The Kier molecular flexibility index (Phi) is 6.68. The molecular weight excluding hydrogens is 519 g/mol. The number of rotatable bonds is 9. The van der Waals surface area contributed by atoms with Gasteiger partial charge in [-0.15, -0.1) is 5.10 Å². The van der Waals surface area contributed by atoms with Crippen molar-refractivity contribution in [2.45, 2.75) is 57.2 Å². The predicted molar refractivity (Wildman–Crippen MR) is 122 cm³/mol. The standard InChI is InChI=1S/C24H24F7N7/c1-37-35-22(34-36-37)38(11-13-8-17(23(26,27)28)10-18(9-13)24(29,30)31)12-16-6-7-19(25)32-21(16)33-20(14-2-3-14)15-4-5-15/h6-10,14-15,20H,2-5,11-12H2,1H3,(H,32,33). The van der Waals surface area contributed by atoms with Crippen molar-refractivity contribution in [2.75, 3.05) is 10.2 Å². The van der Waals surface area contributed by atoms with Crippen molar-refractivity contribution in [3.63, 3.8) is 0 Å². The summed E-state index contributed by atoms with van der Waals surface area (Å²) in [5, 5.41) is 15.1. The molecule has 2 aliphatic rings. The molecule has 5 rings (SSSR count). The Morgan fingerprint density at radius 2 is 1.55 bits per heavy atom. The third kappa shape index (κ3) is 6.16. The highest BCUT2D eigenvalue weighted by Gasteiger charge is 2.42. The molecule has 2 aromatic heterocycles. The molecular formula is C24H24F7N7. The van der Waals surface area contributed by atoms with Gasteiger partial charge in [0.2, 0.25) is 5.95 Å². The lowest BCUT2D eigenvalue weighted by molar-refractivity contribution is -0.143. The fourth-order valence-corrected chi connectivity index (χ4v) is 4.54. The molecule has 2 heterocycles. The van der Waals surface area contributed by atoms with Crippen molar-refractivity contribution in [3.8, 4) is 0 Å². The van der Waals surface area contributed by atoms with Gasteiger partial charge in [0.05, 0.1) is 18.2 Å². The van der Waals surface area contributed by atoms with Gasteiger partial charge >= 0.3 is 12.4 Å². The van der Waals surface area contributed by atoms with Crippen LogP contribution in [0.3, 0.4) is 0 Å².